The van der Waals surface area contributed by atoms with E-state index in [9.17, 15) is 13.2 Å². The van der Waals surface area contributed by atoms with Gasteiger partial charge in [0.25, 0.3) is 0 Å². The molecule has 0 amide bonds. The molecule has 0 radical (unpaired) electrons. The number of nitrogens with one attached hydrogen (secondary N) is 1. The monoisotopic (exact) mass is 247 g/mol. The van der Waals surface area contributed by atoms with Crippen LogP contribution in [0.5, 0.6) is 0 Å². The summed E-state index contributed by atoms with van der Waals surface area (Å²) in [5.74, 6) is 0. The SMILES string of the molecule is FC(F)(F)ON(c1ccccc1)N1CCCN1. The van der Waals surface area contributed by atoms with Crippen LogP contribution in [0.3, 0.4) is 0 Å². The molecule has 1 aromatic rings. The third kappa shape index (κ3) is 3.32. The van der Waals surface area contributed by atoms with E-state index in [0.717, 1.165) is 11.6 Å². The number of hydrogen-bond donors (Lipinski definition) is 1. The summed E-state index contributed by atoms with van der Waals surface area (Å²) in [4.78, 5) is 4.00. The largest absolute Gasteiger partial charge is 0.545 e. The summed E-state index contributed by atoms with van der Waals surface area (Å²) in [6, 6.07) is 8.13. The second kappa shape index (κ2) is 4.91. The van der Waals surface area contributed by atoms with Gasteiger partial charge in [0.1, 0.15) is 0 Å². The van der Waals surface area contributed by atoms with Gasteiger partial charge in [-0.25, -0.2) is 5.43 Å². The lowest BCUT2D eigenvalue weighted by molar-refractivity contribution is -0.347. The van der Waals surface area contributed by atoms with Gasteiger partial charge in [-0.15, -0.1) is 18.3 Å². The lowest BCUT2D eigenvalue weighted by atomic mass is 10.3. The fourth-order valence-electron chi connectivity index (χ4n) is 1.57. The fourth-order valence-corrected chi connectivity index (χ4v) is 1.57. The van der Waals surface area contributed by atoms with E-state index >= 15 is 0 Å². The summed E-state index contributed by atoms with van der Waals surface area (Å²) in [6.07, 6.45) is -3.95. The number of anilines is 1. The smallest absolute Gasteiger partial charge is 0.235 e. The van der Waals surface area contributed by atoms with Crippen molar-refractivity contribution in [3.05, 3.63) is 30.3 Å². The molecule has 94 valence electrons. The molecule has 7 heteroatoms. The zero-order valence-electron chi connectivity index (χ0n) is 8.94. The molecule has 1 saturated heterocycles. The Labute approximate surface area is 96.5 Å². The van der Waals surface area contributed by atoms with Gasteiger partial charge in [-0.05, 0) is 18.6 Å². The van der Waals surface area contributed by atoms with E-state index in [1.807, 2.05) is 0 Å². The maximum atomic E-state index is 12.3. The van der Waals surface area contributed by atoms with Crippen molar-refractivity contribution in [2.45, 2.75) is 12.8 Å². The predicted molar refractivity (Wildman–Crippen MR) is 55.4 cm³/mol. The summed E-state index contributed by atoms with van der Waals surface area (Å²) in [7, 11) is 0. The van der Waals surface area contributed by atoms with Crippen LogP contribution in [0.15, 0.2) is 30.3 Å². The van der Waals surface area contributed by atoms with E-state index in [1.54, 1.807) is 30.3 Å². The van der Waals surface area contributed by atoms with Crippen LogP contribution in [0.4, 0.5) is 18.9 Å². The van der Waals surface area contributed by atoms with Gasteiger partial charge in [0, 0.05) is 13.1 Å². The van der Waals surface area contributed by atoms with Crippen molar-refractivity contribution in [1.82, 2.24) is 10.5 Å². The number of hydrazine groups is 2. The van der Waals surface area contributed by atoms with Gasteiger partial charge in [0.15, 0.2) is 0 Å². The number of benzene rings is 1. The van der Waals surface area contributed by atoms with Crippen LogP contribution in [0, 0.1) is 0 Å². The summed E-state index contributed by atoms with van der Waals surface area (Å²) in [5, 5.41) is 2.04. The molecule has 4 nitrogen and oxygen atoms in total. The van der Waals surface area contributed by atoms with Gasteiger partial charge in [-0.3, -0.25) is 0 Å². The van der Waals surface area contributed by atoms with E-state index in [-0.39, 0.29) is 0 Å². The van der Waals surface area contributed by atoms with Crippen LogP contribution in [0.2, 0.25) is 0 Å². The van der Waals surface area contributed by atoms with Crippen LogP contribution >= 0.6 is 0 Å². The molecule has 1 N–H and O–H groups in total. The first kappa shape index (κ1) is 12.2. The van der Waals surface area contributed by atoms with E-state index < -0.39 is 6.36 Å². The lowest BCUT2D eigenvalue weighted by Gasteiger charge is -2.31. The molecule has 2 rings (SSSR count). The minimum Gasteiger partial charge on any atom is -0.235 e. The number of nitrogens with zero attached hydrogens (tertiary/aromatic N) is 2. The van der Waals surface area contributed by atoms with Gasteiger partial charge in [-0.2, -0.15) is 10.0 Å². The predicted octanol–water partition coefficient (Wildman–Crippen LogP) is 2.07. The Bertz CT molecular complexity index is 352. The van der Waals surface area contributed by atoms with E-state index in [2.05, 4.69) is 10.3 Å². The molecule has 0 saturated carbocycles. The second-order valence-corrected chi connectivity index (χ2v) is 3.53. The van der Waals surface area contributed by atoms with Gasteiger partial charge < -0.3 is 0 Å². The van der Waals surface area contributed by atoms with Crippen molar-refractivity contribution in [3.8, 4) is 0 Å². The third-order valence-electron chi connectivity index (χ3n) is 2.23. The van der Waals surface area contributed by atoms with Gasteiger partial charge in [0.2, 0.25) is 0 Å². The minimum absolute atomic E-state index is 0.319. The highest BCUT2D eigenvalue weighted by Gasteiger charge is 2.36. The Kier molecular flexibility index (Phi) is 3.51. The molecule has 0 aromatic heterocycles. The van der Waals surface area contributed by atoms with Crippen molar-refractivity contribution in [2.24, 2.45) is 0 Å². The molecule has 1 aliphatic rings. The zero-order valence-corrected chi connectivity index (χ0v) is 8.94. The van der Waals surface area contributed by atoms with Crippen molar-refractivity contribution < 1.29 is 18.0 Å². The summed E-state index contributed by atoms with van der Waals surface area (Å²) >= 11 is 0. The number of hydrogen-bond acceptors (Lipinski definition) is 4. The maximum absolute atomic E-state index is 12.3. The normalized spacial score (nSPS) is 17.4. The molecule has 1 aliphatic heterocycles. The highest BCUT2D eigenvalue weighted by Crippen LogP contribution is 2.25. The van der Waals surface area contributed by atoms with Gasteiger partial charge in [-0.1, -0.05) is 18.2 Å². The molecule has 0 spiro atoms. The van der Waals surface area contributed by atoms with Crippen molar-refractivity contribution in [3.63, 3.8) is 0 Å². The molecule has 0 bridgehead atoms. The highest BCUT2D eigenvalue weighted by molar-refractivity contribution is 5.42. The standard InChI is InChI=1S/C10H12F3N3O/c11-10(12,13)17-16(15-8-4-7-14-15)9-5-2-1-3-6-9/h1-3,5-6,14H,4,7-8H2. The maximum Gasteiger partial charge on any atom is 0.545 e. The van der Waals surface area contributed by atoms with Crippen LogP contribution < -0.4 is 10.6 Å². The third-order valence-corrected chi connectivity index (χ3v) is 2.23. The van der Waals surface area contributed by atoms with Crippen molar-refractivity contribution in [2.75, 3.05) is 18.3 Å². The Balaban J connectivity index is 2.17. The first-order valence-electron chi connectivity index (χ1n) is 5.18. The summed E-state index contributed by atoms with van der Waals surface area (Å²) in [5.41, 5.74) is 3.13. The average Bonchev–Trinajstić information content (AvgIpc) is 2.79. The quantitative estimate of drug-likeness (QED) is 0.827. The minimum atomic E-state index is -4.72. The van der Waals surface area contributed by atoms with E-state index in [0.29, 0.717) is 18.8 Å². The second-order valence-electron chi connectivity index (χ2n) is 3.53. The van der Waals surface area contributed by atoms with E-state index in [4.69, 9.17) is 0 Å². The molecular weight excluding hydrogens is 235 g/mol. The van der Waals surface area contributed by atoms with E-state index in [1.165, 1.54) is 5.12 Å². The Morgan fingerprint density at radius 3 is 2.47 bits per heavy atom. The molecule has 0 unspecified atom stereocenters. The lowest BCUT2D eigenvalue weighted by Crippen LogP contribution is -2.49. The topological polar surface area (TPSA) is 27.7 Å². The van der Waals surface area contributed by atoms with Gasteiger partial charge in [0.05, 0.1) is 5.69 Å². The number of alkyl halides is 3. The molecular formula is C10H12F3N3O. The van der Waals surface area contributed by atoms with Crippen molar-refractivity contribution in [1.29, 1.82) is 0 Å². The van der Waals surface area contributed by atoms with Crippen LogP contribution in [-0.4, -0.2) is 24.6 Å². The molecule has 1 heterocycles. The first-order chi connectivity index (χ1) is 8.06. The van der Waals surface area contributed by atoms with Crippen LogP contribution in [0.1, 0.15) is 6.42 Å². The molecule has 17 heavy (non-hydrogen) atoms. The molecule has 1 fully saturated rings. The number of rotatable bonds is 3. The summed E-state index contributed by atoms with van der Waals surface area (Å²) in [6.45, 7) is 1.09. The Morgan fingerprint density at radius 1 is 1.24 bits per heavy atom. The van der Waals surface area contributed by atoms with Gasteiger partial charge >= 0.3 is 6.36 Å². The Morgan fingerprint density at radius 2 is 1.94 bits per heavy atom. The van der Waals surface area contributed by atoms with Crippen LogP contribution in [-0.2, 0) is 4.84 Å². The fraction of sp³-hybridized carbons (Fsp3) is 0.400. The average molecular weight is 247 g/mol. The first-order valence-corrected chi connectivity index (χ1v) is 5.18. The highest BCUT2D eigenvalue weighted by atomic mass is 19.4. The molecule has 0 atom stereocenters. The number of halogens is 3. The summed E-state index contributed by atoms with van der Waals surface area (Å²) < 4.78 is 37.0. The molecule has 0 aliphatic carbocycles. The van der Waals surface area contributed by atoms with Crippen molar-refractivity contribution >= 4 is 5.69 Å². The zero-order chi connectivity index (χ0) is 12.3. The Hall–Kier alpha value is -1.31. The van der Waals surface area contributed by atoms with Crippen LogP contribution in [0.25, 0.3) is 0 Å². The molecule has 1 aromatic carbocycles. The number of para-hydroxylation sites is 1.